The van der Waals surface area contributed by atoms with Gasteiger partial charge in [-0.15, -0.1) is 24.8 Å². The number of carbonyl (C=O) groups excluding carboxylic acids is 1. The van der Waals surface area contributed by atoms with Gasteiger partial charge in [-0.05, 0) is 36.6 Å². The number of benzene rings is 1. The van der Waals surface area contributed by atoms with Crippen molar-refractivity contribution in [2.24, 2.45) is 11.7 Å². The van der Waals surface area contributed by atoms with E-state index in [0.717, 1.165) is 12.0 Å². The zero-order valence-electron chi connectivity index (χ0n) is 15.1. The van der Waals surface area contributed by atoms with Gasteiger partial charge in [0.05, 0.1) is 0 Å². The third-order valence-electron chi connectivity index (χ3n) is 3.60. The first-order chi connectivity index (χ1) is 11.6. The summed E-state index contributed by atoms with van der Waals surface area (Å²) in [5.41, 5.74) is 7.29. The first-order valence-corrected chi connectivity index (χ1v) is 8.21. The number of rotatable bonds is 8. The van der Waals surface area contributed by atoms with Crippen LogP contribution in [0.25, 0.3) is 0 Å². The minimum absolute atomic E-state index is 0. The monoisotopic (exact) mass is 399 g/mol. The molecule has 0 aliphatic carbocycles. The second-order valence-corrected chi connectivity index (χ2v) is 6.21. The molecule has 1 amide bonds. The Morgan fingerprint density at radius 1 is 1.23 bits per heavy atom. The summed E-state index contributed by atoms with van der Waals surface area (Å²) in [6.07, 6.45) is 4.34. The molecule has 144 valence electrons. The predicted octanol–water partition coefficient (Wildman–Crippen LogP) is 3.61. The number of hydrogen-bond acceptors (Lipinski definition) is 4. The minimum Gasteiger partial charge on any atom is -0.489 e. The Morgan fingerprint density at radius 3 is 2.62 bits per heavy atom. The van der Waals surface area contributed by atoms with E-state index < -0.39 is 0 Å². The van der Waals surface area contributed by atoms with E-state index in [9.17, 15) is 4.79 Å². The molecule has 0 aliphatic heterocycles. The molecule has 1 atom stereocenters. The number of pyridine rings is 1. The molecule has 1 aromatic carbocycles. The van der Waals surface area contributed by atoms with Crippen LogP contribution in [0.15, 0.2) is 48.8 Å². The highest BCUT2D eigenvalue weighted by Gasteiger charge is 2.14. The summed E-state index contributed by atoms with van der Waals surface area (Å²) in [4.78, 5) is 16.4. The third kappa shape index (κ3) is 8.04. The average Bonchev–Trinajstić information content (AvgIpc) is 2.60. The summed E-state index contributed by atoms with van der Waals surface area (Å²) >= 11 is 0. The molecule has 1 unspecified atom stereocenters. The third-order valence-corrected chi connectivity index (χ3v) is 3.60. The smallest absolute Gasteiger partial charge is 0.251 e. The summed E-state index contributed by atoms with van der Waals surface area (Å²) in [5.74, 6) is 1.01. The van der Waals surface area contributed by atoms with Crippen LogP contribution in [0.2, 0.25) is 0 Å². The average molecular weight is 400 g/mol. The van der Waals surface area contributed by atoms with Crippen molar-refractivity contribution in [3.8, 4) is 5.75 Å². The fourth-order valence-electron chi connectivity index (χ4n) is 2.43. The summed E-state index contributed by atoms with van der Waals surface area (Å²) < 4.78 is 5.73. The van der Waals surface area contributed by atoms with Crippen LogP contribution in [-0.4, -0.2) is 23.5 Å². The minimum atomic E-state index is -0.127. The molecule has 1 aromatic heterocycles. The summed E-state index contributed by atoms with van der Waals surface area (Å²) in [6, 6.07) is 11.0. The Hall–Kier alpha value is -1.82. The van der Waals surface area contributed by atoms with Gasteiger partial charge in [-0.3, -0.25) is 9.78 Å². The van der Waals surface area contributed by atoms with Crippen molar-refractivity contribution in [2.75, 3.05) is 6.54 Å². The number of nitrogens with two attached hydrogens (primary N) is 1. The van der Waals surface area contributed by atoms with Gasteiger partial charge >= 0.3 is 0 Å². The van der Waals surface area contributed by atoms with Gasteiger partial charge < -0.3 is 15.8 Å². The number of ether oxygens (including phenoxy) is 1. The van der Waals surface area contributed by atoms with Gasteiger partial charge in [0, 0.05) is 36.1 Å². The zero-order chi connectivity index (χ0) is 17.4. The molecule has 0 radical (unpaired) electrons. The molecule has 1 heterocycles. The molecule has 2 rings (SSSR count). The van der Waals surface area contributed by atoms with Crippen LogP contribution in [0.4, 0.5) is 0 Å². The molecule has 26 heavy (non-hydrogen) atoms. The number of nitrogens with zero attached hydrogens (tertiary/aromatic N) is 1. The molecule has 2 aromatic rings. The topological polar surface area (TPSA) is 77.2 Å². The van der Waals surface area contributed by atoms with E-state index in [4.69, 9.17) is 10.5 Å². The van der Waals surface area contributed by atoms with E-state index in [1.807, 2.05) is 24.3 Å². The SMILES string of the molecule is CC(C)CC(CN)NC(=O)c1cccc(OCc2cccnc2)c1.Cl.Cl. The quantitative estimate of drug-likeness (QED) is 0.710. The van der Waals surface area contributed by atoms with E-state index in [0.29, 0.717) is 30.4 Å². The first-order valence-electron chi connectivity index (χ1n) is 8.21. The highest BCUT2D eigenvalue weighted by atomic mass is 35.5. The normalized spacial score (nSPS) is 11.1. The van der Waals surface area contributed by atoms with Gasteiger partial charge in [0.25, 0.3) is 5.91 Å². The summed E-state index contributed by atoms with van der Waals surface area (Å²) in [7, 11) is 0. The number of halogens is 2. The predicted molar refractivity (Wildman–Crippen MR) is 109 cm³/mol. The van der Waals surface area contributed by atoms with Crippen LogP contribution in [-0.2, 0) is 6.61 Å². The number of hydrogen-bond donors (Lipinski definition) is 2. The zero-order valence-corrected chi connectivity index (χ0v) is 16.7. The van der Waals surface area contributed by atoms with Crippen LogP contribution in [0, 0.1) is 5.92 Å². The molecule has 0 bridgehead atoms. The first kappa shape index (κ1) is 24.2. The van der Waals surface area contributed by atoms with Gasteiger partial charge in [-0.1, -0.05) is 26.0 Å². The summed E-state index contributed by atoms with van der Waals surface area (Å²) in [5, 5.41) is 2.99. The lowest BCUT2D eigenvalue weighted by atomic mass is 10.0. The standard InChI is InChI=1S/C19H25N3O2.2ClH/c1-14(2)9-17(11-20)22-19(23)16-6-3-7-18(10-16)24-13-15-5-4-8-21-12-15;;/h3-8,10,12,14,17H,9,11,13,20H2,1-2H3,(H,22,23);2*1H. The van der Waals surface area contributed by atoms with E-state index in [-0.39, 0.29) is 36.8 Å². The van der Waals surface area contributed by atoms with Crippen molar-refractivity contribution in [3.05, 3.63) is 59.9 Å². The number of nitrogens with one attached hydrogen (secondary N) is 1. The van der Waals surface area contributed by atoms with E-state index in [1.54, 1.807) is 24.5 Å². The second kappa shape index (κ2) is 12.5. The molecular weight excluding hydrogens is 373 g/mol. The fourth-order valence-corrected chi connectivity index (χ4v) is 2.43. The van der Waals surface area contributed by atoms with Crippen LogP contribution < -0.4 is 15.8 Å². The van der Waals surface area contributed by atoms with E-state index >= 15 is 0 Å². The molecule has 5 nitrogen and oxygen atoms in total. The molecular formula is C19H27Cl2N3O2. The highest BCUT2D eigenvalue weighted by Crippen LogP contribution is 2.15. The molecule has 0 spiro atoms. The lowest BCUT2D eigenvalue weighted by Gasteiger charge is -2.19. The van der Waals surface area contributed by atoms with Crippen molar-refractivity contribution in [3.63, 3.8) is 0 Å². The summed E-state index contributed by atoms with van der Waals surface area (Å²) in [6.45, 7) is 5.07. The van der Waals surface area contributed by atoms with Gasteiger partial charge in [-0.2, -0.15) is 0 Å². The van der Waals surface area contributed by atoms with Crippen LogP contribution in [0.1, 0.15) is 36.2 Å². The Bertz CT molecular complexity index is 654. The maximum Gasteiger partial charge on any atom is 0.251 e. The number of amides is 1. The van der Waals surface area contributed by atoms with Crippen LogP contribution in [0.5, 0.6) is 5.75 Å². The van der Waals surface area contributed by atoms with Crippen molar-refractivity contribution in [1.82, 2.24) is 10.3 Å². The van der Waals surface area contributed by atoms with Gasteiger partial charge in [-0.25, -0.2) is 0 Å². The lowest BCUT2D eigenvalue weighted by Crippen LogP contribution is -2.41. The lowest BCUT2D eigenvalue weighted by molar-refractivity contribution is 0.0933. The van der Waals surface area contributed by atoms with Gasteiger partial charge in [0.1, 0.15) is 12.4 Å². The van der Waals surface area contributed by atoms with Crippen LogP contribution in [0.3, 0.4) is 0 Å². The van der Waals surface area contributed by atoms with Crippen molar-refractivity contribution in [1.29, 1.82) is 0 Å². The van der Waals surface area contributed by atoms with Crippen LogP contribution >= 0.6 is 24.8 Å². The number of aromatic nitrogens is 1. The van der Waals surface area contributed by atoms with Crippen molar-refractivity contribution < 1.29 is 9.53 Å². The fraction of sp³-hybridized carbons (Fsp3) is 0.368. The Kier molecular flexibility index (Phi) is 11.6. The largest absolute Gasteiger partial charge is 0.489 e. The Labute approximate surface area is 167 Å². The highest BCUT2D eigenvalue weighted by molar-refractivity contribution is 5.94. The molecule has 0 saturated heterocycles. The van der Waals surface area contributed by atoms with Crippen molar-refractivity contribution >= 4 is 30.7 Å². The molecule has 3 N–H and O–H groups in total. The Balaban J connectivity index is 0.00000312. The van der Waals surface area contributed by atoms with Gasteiger partial charge in [0.2, 0.25) is 0 Å². The Morgan fingerprint density at radius 2 is 2.00 bits per heavy atom. The van der Waals surface area contributed by atoms with Gasteiger partial charge in [0.15, 0.2) is 0 Å². The van der Waals surface area contributed by atoms with E-state index in [2.05, 4.69) is 24.1 Å². The van der Waals surface area contributed by atoms with E-state index in [1.165, 1.54) is 0 Å². The molecule has 0 fully saturated rings. The number of carbonyl (C=O) groups is 1. The molecule has 7 heteroatoms. The van der Waals surface area contributed by atoms with Crippen molar-refractivity contribution in [2.45, 2.75) is 32.9 Å². The second-order valence-electron chi connectivity index (χ2n) is 6.21. The maximum absolute atomic E-state index is 12.4. The molecule has 0 saturated carbocycles. The maximum atomic E-state index is 12.4. The molecule has 0 aliphatic rings.